The van der Waals surface area contributed by atoms with Crippen LogP contribution in [0.15, 0.2) is 77.7 Å². The largest absolute Gasteiger partial charge is 0.348 e. The molecule has 0 aliphatic carbocycles. The number of rotatable bonds is 5. The van der Waals surface area contributed by atoms with Gasteiger partial charge in [0, 0.05) is 12.7 Å². The highest BCUT2D eigenvalue weighted by atomic mass is 16.1. The van der Waals surface area contributed by atoms with Crippen LogP contribution in [0.3, 0.4) is 0 Å². The molecule has 1 amide bonds. The zero-order chi connectivity index (χ0) is 21.1. The first-order valence-electron chi connectivity index (χ1n) is 9.90. The summed E-state index contributed by atoms with van der Waals surface area (Å²) in [7, 11) is 0. The van der Waals surface area contributed by atoms with Gasteiger partial charge < -0.3 is 9.88 Å². The Morgan fingerprint density at radius 3 is 2.43 bits per heavy atom. The minimum atomic E-state index is -0.236. The third kappa shape index (κ3) is 4.15. The molecule has 0 saturated heterocycles. The summed E-state index contributed by atoms with van der Waals surface area (Å²) in [6, 6.07) is 21.3. The molecule has 0 unspecified atom stereocenters. The van der Waals surface area contributed by atoms with E-state index in [9.17, 15) is 9.59 Å². The lowest BCUT2D eigenvalue weighted by molar-refractivity contribution is 0.0950. The van der Waals surface area contributed by atoms with Crippen molar-refractivity contribution in [2.24, 2.45) is 0 Å². The van der Waals surface area contributed by atoms with Gasteiger partial charge in [0.25, 0.3) is 11.5 Å². The topological polar surface area (TPSA) is 64.0 Å². The van der Waals surface area contributed by atoms with Gasteiger partial charge in [0.1, 0.15) is 0 Å². The summed E-state index contributed by atoms with van der Waals surface area (Å²) in [4.78, 5) is 30.3. The van der Waals surface area contributed by atoms with Crippen LogP contribution < -0.4 is 10.9 Å². The zero-order valence-corrected chi connectivity index (χ0v) is 17.1. The Morgan fingerprint density at radius 1 is 0.967 bits per heavy atom. The average molecular weight is 397 g/mol. The molecule has 0 aliphatic rings. The van der Waals surface area contributed by atoms with E-state index in [2.05, 4.69) is 10.3 Å². The van der Waals surface area contributed by atoms with Crippen LogP contribution in [0.5, 0.6) is 0 Å². The van der Waals surface area contributed by atoms with E-state index in [1.54, 1.807) is 23.8 Å². The Balaban J connectivity index is 1.62. The highest BCUT2D eigenvalue weighted by Gasteiger charge is 2.14. The molecule has 0 saturated carbocycles. The normalized spacial score (nSPS) is 10.9. The van der Waals surface area contributed by atoms with Crippen molar-refractivity contribution in [3.8, 4) is 0 Å². The van der Waals surface area contributed by atoms with Gasteiger partial charge >= 0.3 is 0 Å². The smallest absolute Gasteiger partial charge is 0.260 e. The molecule has 2 aromatic heterocycles. The van der Waals surface area contributed by atoms with Crippen molar-refractivity contribution in [2.45, 2.75) is 26.9 Å². The van der Waals surface area contributed by atoms with Gasteiger partial charge in [-0.3, -0.25) is 14.6 Å². The molecule has 0 bridgehead atoms. The molecule has 0 aliphatic heterocycles. The van der Waals surface area contributed by atoms with Crippen LogP contribution in [-0.4, -0.2) is 15.5 Å². The summed E-state index contributed by atoms with van der Waals surface area (Å²) in [6.45, 7) is 4.70. The van der Waals surface area contributed by atoms with Gasteiger partial charge in [0.05, 0.1) is 28.7 Å². The summed E-state index contributed by atoms with van der Waals surface area (Å²) < 4.78 is 1.64. The van der Waals surface area contributed by atoms with Crippen molar-refractivity contribution in [3.63, 3.8) is 0 Å². The van der Waals surface area contributed by atoms with Crippen LogP contribution in [-0.2, 0) is 13.1 Å². The fourth-order valence-electron chi connectivity index (χ4n) is 3.42. The maximum atomic E-state index is 13.0. The van der Waals surface area contributed by atoms with Crippen LogP contribution in [0.25, 0.3) is 10.9 Å². The molecule has 5 heteroatoms. The van der Waals surface area contributed by atoms with E-state index in [4.69, 9.17) is 0 Å². The second-order valence-corrected chi connectivity index (χ2v) is 7.46. The molecule has 0 radical (unpaired) electrons. The van der Waals surface area contributed by atoms with Gasteiger partial charge in [0.2, 0.25) is 0 Å². The first kappa shape index (κ1) is 19.6. The van der Waals surface area contributed by atoms with Crippen LogP contribution in [0.2, 0.25) is 0 Å². The number of amides is 1. The number of carbonyl (C=O) groups excluding carboxylic acids is 1. The molecule has 0 spiro atoms. The van der Waals surface area contributed by atoms with E-state index < -0.39 is 0 Å². The maximum absolute atomic E-state index is 13.0. The summed E-state index contributed by atoms with van der Waals surface area (Å²) in [6.07, 6.45) is 1.75. The predicted molar refractivity (Wildman–Crippen MR) is 119 cm³/mol. The fourth-order valence-corrected chi connectivity index (χ4v) is 3.42. The number of hydrogen-bond acceptors (Lipinski definition) is 3. The predicted octanol–water partition coefficient (Wildman–Crippen LogP) is 3.99. The molecular formula is C25H23N3O2. The Kier molecular flexibility index (Phi) is 5.44. The second-order valence-electron chi connectivity index (χ2n) is 7.46. The lowest BCUT2D eigenvalue weighted by atomic mass is 10.1. The van der Waals surface area contributed by atoms with Crippen LogP contribution in [0.4, 0.5) is 0 Å². The van der Waals surface area contributed by atoms with E-state index in [0.29, 0.717) is 35.2 Å². The van der Waals surface area contributed by atoms with E-state index in [-0.39, 0.29) is 11.5 Å². The number of carbonyl (C=O) groups is 1. The van der Waals surface area contributed by atoms with Crippen molar-refractivity contribution in [1.29, 1.82) is 0 Å². The van der Waals surface area contributed by atoms with E-state index >= 15 is 0 Å². The quantitative estimate of drug-likeness (QED) is 0.554. The van der Waals surface area contributed by atoms with Gasteiger partial charge in [-0.25, -0.2) is 0 Å². The van der Waals surface area contributed by atoms with Crippen LogP contribution >= 0.6 is 0 Å². The third-order valence-corrected chi connectivity index (χ3v) is 5.16. The van der Waals surface area contributed by atoms with Crippen molar-refractivity contribution >= 4 is 16.8 Å². The zero-order valence-electron chi connectivity index (χ0n) is 17.1. The van der Waals surface area contributed by atoms with Crippen molar-refractivity contribution < 1.29 is 4.79 Å². The first-order chi connectivity index (χ1) is 14.5. The van der Waals surface area contributed by atoms with E-state index in [0.717, 1.165) is 11.1 Å². The molecule has 1 N–H and O–H groups in total. The van der Waals surface area contributed by atoms with E-state index in [1.165, 1.54) is 5.56 Å². The minimum Gasteiger partial charge on any atom is -0.348 e. The summed E-state index contributed by atoms with van der Waals surface area (Å²) >= 11 is 0. The number of aromatic nitrogens is 2. The number of pyridine rings is 2. The van der Waals surface area contributed by atoms with Gasteiger partial charge in [-0.15, -0.1) is 0 Å². The lowest BCUT2D eigenvalue weighted by Crippen LogP contribution is -2.25. The molecule has 150 valence electrons. The standard InChI is InChI=1S/C25H23N3O2/c1-17-8-10-19(11-9-17)15-26-24(29)21-14-22-23(27-18(21)2)12-13-28(25(22)30)16-20-6-4-3-5-7-20/h3-14H,15-16H2,1-2H3,(H,26,29). The number of nitrogens with one attached hydrogen (secondary N) is 1. The van der Waals surface area contributed by atoms with Gasteiger partial charge in [0.15, 0.2) is 0 Å². The molecule has 2 aromatic carbocycles. The Labute approximate surface area is 175 Å². The Bertz CT molecular complexity index is 1260. The number of benzene rings is 2. The summed E-state index contributed by atoms with van der Waals surface area (Å²) in [5, 5.41) is 3.37. The van der Waals surface area contributed by atoms with Crippen molar-refractivity contribution in [2.75, 3.05) is 0 Å². The monoisotopic (exact) mass is 397 g/mol. The highest BCUT2D eigenvalue weighted by molar-refractivity contribution is 5.98. The highest BCUT2D eigenvalue weighted by Crippen LogP contribution is 2.14. The second kappa shape index (κ2) is 8.33. The molecule has 5 nitrogen and oxygen atoms in total. The fraction of sp³-hybridized carbons (Fsp3) is 0.160. The number of aryl methyl sites for hydroxylation is 2. The molecule has 0 fully saturated rings. The number of nitrogens with zero attached hydrogens (tertiary/aromatic N) is 2. The SMILES string of the molecule is Cc1ccc(CNC(=O)c2cc3c(=O)n(Cc4ccccc4)ccc3nc2C)cc1. The molecular weight excluding hydrogens is 374 g/mol. The Hall–Kier alpha value is -3.73. The van der Waals surface area contributed by atoms with Gasteiger partial charge in [-0.1, -0.05) is 60.2 Å². The minimum absolute atomic E-state index is 0.156. The van der Waals surface area contributed by atoms with Crippen LogP contribution in [0.1, 0.15) is 32.7 Å². The molecule has 4 rings (SSSR count). The molecule has 30 heavy (non-hydrogen) atoms. The van der Waals surface area contributed by atoms with E-state index in [1.807, 2.05) is 67.6 Å². The first-order valence-corrected chi connectivity index (χ1v) is 9.90. The summed E-state index contributed by atoms with van der Waals surface area (Å²) in [5.41, 5.74) is 4.69. The lowest BCUT2D eigenvalue weighted by Gasteiger charge is -2.11. The maximum Gasteiger partial charge on any atom is 0.260 e. The molecule has 2 heterocycles. The molecule has 4 aromatic rings. The average Bonchev–Trinajstić information content (AvgIpc) is 2.75. The Morgan fingerprint density at radius 2 is 1.70 bits per heavy atom. The van der Waals surface area contributed by atoms with Crippen molar-refractivity contribution in [1.82, 2.24) is 14.9 Å². The molecule has 0 atom stereocenters. The van der Waals surface area contributed by atoms with Gasteiger partial charge in [-0.2, -0.15) is 0 Å². The van der Waals surface area contributed by atoms with Gasteiger partial charge in [-0.05, 0) is 37.1 Å². The van der Waals surface area contributed by atoms with Crippen LogP contribution in [0, 0.1) is 13.8 Å². The number of hydrogen-bond donors (Lipinski definition) is 1. The van der Waals surface area contributed by atoms with Crippen molar-refractivity contribution in [3.05, 3.63) is 111 Å². The number of fused-ring (bicyclic) bond motifs is 1. The third-order valence-electron chi connectivity index (χ3n) is 5.16. The summed E-state index contributed by atoms with van der Waals surface area (Å²) in [5.74, 6) is -0.236.